The third-order valence-corrected chi connectivity index (χ3v) is 4.47. The molecule has 1 fully saturated rings. The number of halogens is 1. The third kappa shape index (κ3) is 8.52. The molecule has 0 aromatic rings. The first-order chi connectivity index (χ1) is 9.22. The molecule has 0 radical (unpaired) electrons. The Bertz CT molecular complexity index is 237. The molecule has 1 N–H and O–H groups in total. The number of unbranched alkanes of at least 4 members (excludes halogenated alkanes) is 6. The van der Waals surface area contributed by atoms with E-state index in [-0.39, 0.29) is 5.91 Å². The van der Waals surface area contributed by atoms with Gasteiger partial charge in [-0.25, -0.2) is 0 Å². The number of hydrogen-bond acceptors (Lipinski definition) is 1. The van der Waals surface area contributed by atoms with Crippen LogP contribution in [0, 0.1) is 0 Å². The summed E-state index contributed by atoms with van der Waals surface area (Å²) in [5.41, 5.74) is 0. The zero-order chi connectivity index (χ0) is 13.9. The average molecular weight is 288 g/mol. The minimum atomic E-state index is 0.242. The first kappa shape index (κ1) is 16.8. The van der Waals surface area contributed by atoms with E-state index in [0.717, 1.165) is 32.1 Å². The molecule has 1 amide bonds. The molecule has 1 rings (SSSR count). The summed E-state index contributed by atoms with van der Waals surface area (Å²) in [5.74, 6) is 0.242. The van der Waals surface area contributed by atoms with E-state index in [1.165, 1.54) is 38.5 Å². The number of amides is 1. The van der Waals surface area contributed by atoms with Crippen LogP contribution < -0.4 is 5.32 Å². The standard InChI is InChI=1S/C16H30ClNO/c1-2-3-4-5-6-7-8-9-16(19)18-15-12-10-14(17)11-13-15/h14-15H,2-13H2,1H3,(H,18,19). The highest BCUT2D eigenvalue weighted by Crippen LogP contribution is 2.22. The third-order valence-electron chi connectivity index (χ3n) is 4.03. The quantitative estimate of drug-likeness (QED) is 0.479. The summed E-state index contributed by atoms with van der Waals surface area (Å²) in [5, 5.41) is 3.48. The summed E-state index contributed by atoms with van der Waals surface area (Å²) >= 11 is 6.06. The van der Waals surface area contributed by atoms with E-state index in [9.17, 15) is 4.79 Å². The predicted octanol–water partition coefficient (Wildman–Crippen LogP) is 4.79. The van der Waals surface area contributed by atoms with Gasteiger partial charge in [0, 0.05) is 17.8 Å². The lowest BCUT2D eigenvalue weighted by Crippen LogP contribution is -2.37. The van der Waals surface area contributed by atoms with Crippen molar-refractivity contribution in [3.05, 3.63) is 0 Å². The second kappa shape index (κ2) is 10.5. The van der Waals surface area contributed by atoms with Crippen molar-refractivity contribution in [2.45, 2.75) is 95.4 Å². The van der Waals surface area contributed by atoms with Gasteiger partial charge in [0.05, 0.1) is 0 Å². The first-order valence-electron chi connectivity index (χ1n) is 8.15. The van der Waals surface area contributed by atoms with Gasteiger partial charge in [0.25, 0.3) is 0 Å². The number of alkyl halides is 1. The predicted molar refractivity (Wildman–Crippen MR) is 82.6 cm³/mol. The van der Waals surface area contributed by atoms with Crippen LogP contribution in [0.5, 0.6) is 0 Å². The van der Waals surface area contributed by atoms with Gasteiger partial charge in [0.15, 0.2) is 0 Å². The fourth-order valence-corrected chi connectivity index (χ4v) is 2.99. The topological polar surface area (TPSA) is 29.1 Å². The lowest BCUT2D eigenvalue weighted by Gasteiger charge is -2.25. The van der Waals surface area contributed by atoms with Crippen molar-refractivity contribution in [2.75, 3.05) is 0 Å². The van der Waals surface area contributed by atoms with Crippen LogP contribution >= 0.6 is 11.6 Å². The molecule has 0 spiro atoms. The molecule has 1 aliphatic rings. The SMILES string of the molecule is CCCCCCCCCC(=O)NC1CCC(Cl)CC1. The Morgan fingerprint density at radius 3 is 2.21 bits per heavy atom. The molecule has 0 atom stereocenters. The highest BCUT2D eigenvalue weighted by molar-refractivity contribution is 6.20. The minimum Gasteiger partial charge on any atom is -0.353 e. The van der Waals surface area contributed by atoms with Crippen LogP contribution in [-0.2, 0) is 4.79 Å². The Hall–Kier alpha value is -0.240. The van der Waals surface area contributed by atoms with Gasteiger partial charge in [-0.2, -0.15) is 0 Å². The molecule has 112 valence electrons. The number of nitrogens with one attached hydrogen (secondary N) is 1. The molecular formula is C16H30ClNO. The molecule has 0 aromatic heterocycles. The second-order valence-electron chi connectivity index (χ2n) is 5.89. The van der Waals surface area contributed by atoms with Gasteiger partial charge < -0.3 is 5.32 Å². The van der Waals surface area contributed by atoms with E-state index in [4.69, 9.17) is 11.6 Å². The molecular weight excluding hydrogens is 258 g/mol. The molecule has 0 heterocycles. The smallest absolute Gasteiger partial charge is 0.220 e. The van der Waals surface area contributed by atoms with Crippen LogP contribution in [0.15, 0.2) is 0 Å². The summed E-state index contributed by atoms with van der Waals surface area (Å²) in [7, 11) is 0. The molecule has 1 aliphatic carbocycles. The highest BCUT2D eigenvalue weighted by atomic mass is 35.5. The Labute approximate surface area is 123 Å². The van der Waals surface area contributed by atoms with Crippen molar-refractivity contribution in [1.29, 1.82) is 0 Å². The molecule has 0 unspecified atom stereocenters. The zero-order valence-corrected chi connectivity index (χ0v) is 13.2. The lowest BCUT2D eigenvalue weighted by molar-refractivity contribution is -0.122. The Kier molecular flexibility index (Phi) is 9.32. The number of carbonyl (C=O) groups excluding carboxylic acids is 1. The van der Waals surface area contributed by atoms with Gasteiger partial charge >= 0.3 is 0 Å². The van der Waals surface area contributed by atoms with Gasteiger partial charge in [0.1, 0.15) is 0 Å². The van der Waals surface area contributed by atoms with E-state index in [0.29, 0.717) is 17.8 Å². The normalized spacial score (nSPS) is 23.3. The van der Waals surface area contributed by atoms with Gasteiger partial charge in [-0.05, 0) is 32.1 Å². The highest BCUT2D eigenvalue weighted by Gasteiger charge is 2.20. The fourth-order valence-electron chi connectivity index (χ4n) is 2.74. The maximum absolute atomic E-state index is 11.8. The van der Waals surface area contributed by atoms with Crippen LogP contribution in [0.2, 0.25) is 0 Å². The van der Waals surface area contributed by atoms with Crippen molar-refractivity contribution in [3.63, 3.8) is 0 Å². The maximum Gasteiger partial charge on any atom is 0.220 e. The maximum atomic E-state index is 11.8. The molecule has 0 aliphatic heterocycles. The van der Waals surface area contributed by atoms with Gasteiger partial charge in [-0.15, -0.1) is 11.6 Å². The van der Waals surface area contributed by atoms with E-state index < -0.39 is 0 Å². The number of rotatable bonds is 9. The Morgan fingerprint density at radius 2 is 1.58 bits per heavy atom. The van der Waals surface area contributed by atoms with E-state index >= 15 is 0 Å². The second-order valence-corrected chi connectivity index (χ2v) is 6.50. The van der Waals surface area contributed by atoms with Crippen LogP contribution in [0.4, 0.5) is 0 Å². The number of hydrogen-bond donors (Lipinski definition) is 1. The van der Waals surface area contributed by atoms with Crippen molar-refractivity contribution in [1.82, 2.24) is 5.32 Å². The summed E-state index contributed by atoms with van der Waals surface area (Å²) < 4.78 is 0. The minimum absolute atomic E-state index is 0.242. The lowest BCUT2D eigenvalue weighted by atomic mass is 9.95. The molecule has 2 nitrogen and oxygen atoms in total. The number of carbonyl (C=O) groups is 1. The Morgan fingerprint density at radius 1 is 1.00 bits per heavy atom. The molecule has 0 aromatic carbocycles. The van der Waals surface area contributed by atoms with Gasteiger partial charge in [-0.1, -0.05) is 45.4 Å². The summed E-state index contributed by atoms with van der Waals surface area (Å²) in [6.45, 7) is 2.24. The molecule has 1 saturated carbocycles. The van der Waals surface area contributed by atoms with Crippen LogP contribution in [-0.4, -0.2) is 17.3 Å². The summed E-state index contributed by atoms with van der Waals surface area (Å²) in [4.78, 5) is 11.8. The first-order valence-corrected chi connectivity index (χ1v) is 8.59. The monoisotopic (exact) mass is 287 g/mol. The summed E-state index contributed by atoms with van der Waals surface area (Å²) in [6.07, 6.45) is 13.8. The molecule has 3 heteroatoms. The molecule has 19 heavy (non-hydrogen) atoms. The van der Waals surface area contributed by atoms with Crippen LogP contribution in [0.3, 0.4) is 0 Å². The fraction of sp³-hybridized carbons (Fsp3) is 0.938. The van der Waals surface area contributed by atoms with E-state index in [1.54, 1.807) is 0 Å². The van der Waals surface area contributed by atoms with Crippen LogP contribution in [0.1, 0.15) is 84.0 Å². The van der Waals surface area contributed by atoms with E-state index in [1.807, 2.05) is 0 Å². The molecule has 0 saturated heterocycles. The largest absolute Gasteiger partial charge is 0.353 e. The van der Waals surface area contributed by atoms with Crippen molar-refractivity contribution in [3.8, 4) is 0 Å². The average Bonchev–Trinajstić information content (AvgIpc) is 2.40. The molecule has 0 bridgehead atoms. The summed E-state index contributed by atoms with van der Waals surface area (Å²) in [6, 6.07) is 0.382. The van der Waals surface area contributed by atoms with Crippen molar-refractivity contribution < 1.29 is 4.79 Å². The van der Waals surface area contributed by atoms with Crippen molar-refractivity contribution in [2.24, 2.45) is 0 Å². The zero-order valence-electron chi connectivity index (χ0n) is 12.4. The van der Waals surface area contributed by atoms with Gasteiger partial charge in [0.2, 0.25) is 5.91 Å². The Balaban J connectivity index is 1.93. The van der Waals surface area contributed by atoms with Crippen molar-refractivity contribution >= 4 is 17.5 Å². The van der Waals surface area contributed by atoms with E-state index in [2.05, 4.69) is 12.2 Å². The van der Waals surface area contributed by atoms with Crippen LogP contribution in [0.25, 0.3) is 0 Å². The van der Waals surface area contributed by atoms with Gasteiger partial charge in [-0.3, -0.25) is 4.79 Å².